The fourth-order valence-electron chi connectivity index (χ4n) is 2.71. The second-order valence-electron chi connectivity index (χ2n) is 5.35. The van der Waals surface area contributed by atoms with Crippen molar-refractivity contribution < 1.29 is 9.72 Å². The molecule has 1 N–H and O–H groups in total. The zero-order valence-electron chi connectivity index (χ0n) is 11.6. The summed E-state index contributed by atoms with van der Waals surface area (Å²) in [6, 6.07) is 2.31. The Bertz CT molecular complexity index is 572. The molecule has 5 nitrogen and oxygen atoms in total. The van der Waals surface area contributed by atoms with E-state index in [1.54, 1.807) is 0 Å². The third-order valence-corrected chi connectivity index (χ3v) is 4.74. The molecule has 0 aliphatic heterocycles. The Balaban J connectivity index is 2.19. The lowest BCUT2D eigenvalue weighted by molar-refractivity contribution is -0.384. The van der Waals surface area contributed by atoms with Crippen LogP contribution in [0, 0.1) is 16.0 Å². The number of halogens is 2. The maximum atomic E-state index is 12.3. The van der Waals surface area contributed by atoms with Gasteiger partial charge >= 0.3 is 0 Å². The summed E-state index contributed by atoms with van der Waals surface area (Å²) in [6.45, 7) is 1.95. The van der Waals surface area contributed by atoms with Gasteiger partial charge in [0.1, 0.15) is 0 Å². The maximum absolute atomic E-state index is 12.3. The van der Waals surface area contributed by atoms with E-state index in [9.17, 15) is 14.9 Å². The number of rotatable bonds is 4. The van der Waals surface area contributed by atoms with Crippen LogP contribution in [0.1, 0.15) is 43.0 Å². The molecule has 1 amide bonds. The number of hydrogen-bond donors (Lipinski definition) is 1. The van der Waals surface area contributed by atoms with Crippen LogP contribution in [-0.4, -0.2) is 16.9 Å². The summed E-state index contributed by atoms with van der Waals surface area (Å²) < 4.78 is 0. The molecule has 0 saturated heterocycles. The van der Waals surface area contributed by atoms with E-state index in [2.05, 4.69) is 5.32 Å². The molecule has 114 valence electrons. The van der Waals surface area contributed by atoms with E-state index in [1.807, 2.05) is 6.92 Å². The molecule has 21 heavy (non-hydrogen) atoms. The van der Waals surface area contributed by atoms with Gasteiger partial charge in [-0.1, -0.05) is 36.0 Å². The first-order valence-electron chi connectivity index (χ1n) is 6.84. The highest BCUT2D eigenvalue weighted by atomic mass is 35.5. The maximum Gasteiger partial charge on any atom is 0.271 e. The van der Waals surface area contributed by atoms with Crippen molar-refractivity contribution in [1.29, 1.82) is 0 Å². The van der Waals surface area contributed by atoms with Crippen molar-refractivity contribution in [1.82, 2.24) is 5.32 Å². The molecule has 1 aromatic carbocycles. The normalized spacial score (nSPS) is 16.7. The number of nitro groups is 1. The Morgan fingerprint density at radius 2 is 2.00 bits per heavy atom. The first kappa shape index (κ1) is 16.0. The van der Waals surface area contributed by atoms with E-state index < -0.39 is 10.8 Å². The van der Waals surface area contributed by atoms with Crippen LogP contribution >= 0.6 is 23.2 Å². The Labute approximate surface area is 132 Å². The van der Waals surface area contributed by atoms with Crippen LogP contribution in [0.25, 0.3) is 0 Å². The minimum absolute atomic E-state index is 0.00420. The Kier molecular flexibility index (Phi) is 5.06. The number of carbonyl (C=O) groups excluding carboxylic acids is 1. The number of amides is 1. The molecular formula is C14H16Cl2N2O3. The minimum atomic E-state index is -0.598. The van der Waals surface area contributed by atoms with Gasteiger partial charge in [-0.25, -0.2) is 0 Å². The molecule has 1 atom stereocenters. The average Bonchev–Trinajstić information content (AvgIpc) is 2.95. The number of non-ortho nitro benzene ring substituents is 1. The Morgan fingerprint density at radius 3 is 2.57 bits per heavy atom. The lowest BCUT2D eigenvalue weighted by Gasteiger charge is -2.20. The van der Waals surface area contributed by atoms with Gasteiger partial charge in [-0.05, 0) is 25.7 Å². The summed E-state index contributed by atoms with van der Waals surface area (Å²) in [4.78, 5) is 22.5. The molecule has 1 fully saturated rings. The van der Waals surface area contributed by atoms with Crippen LogP contribution < -0.4 is 5.32 Å². The molecule has 0 aromatic heterocycles. The van der Waals surface area contributed by atoms with Crippen LogP contribution in [0.3, 0.4) is 0 Å². The Hall–Kier alpha value is -1.33. The van der Waals surface area contributed by atoms with Gasteiger partial charge in [-0.15, -0.1) is 0 Å². The molecule has 0 spiro atoms. The number of nitrogens with one attached hydrogen (secondary N) is 1. The summed E-state index contributed by atoms with van der Waals surface area (Å²) in [5.74, 6) is 0.0203. The third-order valence-electron chi connectivity index (χ3n) is 3.93. The van der Waals surface area contributed by atoms with Crippen LogP contribution in [0.15, 0.2) is 12.1 Å². The van der Waals surface area contributed by atoms with Crippen LogP contribution in [-0.2, 0) is 0 Å². The summed E-state index contributed by atoms with van der Waals surface area (Å²) in [7, 11) is 0. The predicted octanol–water partition coefficient (Wildman–Crippen LogP) is 4.21. The molecule has 1 aliphatic rings. The number of nitro benzene ring substituents is 1. The number of nitrogens with zero attached hydrogens (tertiary/aromatic N) is 1. The van der Waals surface area contributed by atoms with Crippen molar-refractivity contribution in [2.45, 2.75) is 38.6 Å². The molecule has 0 radical (unpaired) electrons. The van der Waals surface area contributed by atoms with Crippen molar-refractivity contribution >= 4 is 34.8 Å². The Morgan fingerprint density at radius 1 is 1.38 bits per heavy atom. The molecule has 0 bridgehead atoms. The fourth-order valence-corrected chi connectivity index (χ4v) is 3.11. The second-order valence-corrected chi connectivity index (χ2v) is 6.14. The second kappa shape index (κ2) is 6.62. The lowest BCUT2D eigenvalue weighted by Crippen LogP contribution is -2.37. The van der Waals surface area contributed by atoms with Gasteiger partial charge in [0, 0.05) is 18.2 Å². The number of hydrogen-bond acceptors (Lipinski definition) is 3. The van der Waals surface area contributed by atoms with E-state index in [1.165, 1.54) is 12.8 Å². The van der Waals surface area contributed by atoms with Crippen molar-refractivity contribution in [2.24, 2.45) is 5.92 Å². The smallest absolute Gasteiger partial charge is 0.271 e. The van der Waals surface area contributed by atoms with Crippen molar-refractivity contribution in [3.8, 4) is 0 Å². The van der Waals surface area contributed by atoms with Crippen molar-refractivity contribution in [3.05, 3.63) is 37.9 Å². The molecule has 1 saturated carbocycles. The fraction of sp³-hybridized carbons (Fsp3) is 0.500. The van der Waals surface area contributed by atoms with E-state index >= 15 is 0 Å². The van der Waals surface area contributed by atoms with Gasteiger partial charge in [0.2, 0.25) is 0 Å². The van der Waals surface area contributed by atoms with E-state index in [-0.39, 0.29) is 27.3 Å². The van der Waals surface area contributed by atoms with Gasteiger partial charge < -0.3 is 5.32 Å². The summed E-state index contributed by atoms with van der Waals surface area (Å²) in [5, 5.41) is 13.8. The first-order valence-corrected chi connectivity index (χ1v) is 7.60. The van der Waals surface area contributed by atoms with Crippen LogP contribution in [0.2, 0.25) is 10.0 Å². The van der Waals surface area contributed by atoms with Gasteiger partial charge in [-0.2, -0.15) is 0 Å². The van der Waals surface area contributed by atoms with Gasteiger partial charge in [0.25, 0.3) is 11.6 Å². The quantitative estimate of drug-likeness (QED) is 0.663. The van der Waals surface area contributed by atoms with Crippen LogP contribution in [0.5, 0.6) is 0 Å². The van der Waals surface area contributed by atoms with E-state index in [0.717, 1.165) is 25.0 Å². The van der Waals surface area contributed by atoms with Crippen molar-refractivity contribution in [2.75, 3.05) is 0 Å². The van der Waals surface area contributed by atoms with Crippen molar-refractivity contribution in [3.63, 3.8) is 0 Å². The zero-order chi connectivity index (χ0) is 15.6. The highest BCUT2D eigenvalue weighted by Crippen LogP contribution is 2.32. The minimum Gasteiger partial charge on any atom is -0.349 e. The summed E-state index contributed by atoms with van der Waals surface area (Å²) in [5.41, 5.74) is -0.205. The number of carbonyl (C=O) groups is 1. The standard InChI is InChI=1S/C14H16Cl2N2O3/c1-8(9-4-2-3-5-9)17-14(19)11-6-10(18(20)21)7-12(15)13(11)16/h6-9H,2-5H2,1H3,(H,17,19). The predicted molar refractivity (Wildman–Crippen MR) is 82.0 cm³/mol. The SMILES string of the molecule is CC(NC(=O)c1cc([N+](=O)[O-])cc(Cl)c1Cl)C1CCCC1. The first-order chi connectivity index (χ1) is 9.90. The summed E-state index contributed by atoms with van der Waals surface area (Å²) in [6.07, 6.45) is 4.53. The number of benzene rings is 1. The lowest BCUT2D eigenvalue weighted by atomic mass is 9.99. The summed E-state index contributed by atoms with van der Waals surface area (Å²) >= 11 is 11.8. The monoisotopic (exact) mass is 330 g/mol. The molecule has 0 heterocycles. The largest absolute Gasteiger partial charge is 0.349 e. The highest BCUT2D eigenvalue weighted by molar-refractivity contribution is 6.44. The third kappa shape index (κ3) is 3.66. The van der Waals surface area contributed by atoms with Gasteiger partial charge in [0.05, 0.1) is 20.5 Å². The van der Waals surface area contributed by atoms with E-state index in [0.29, 0.717) is 5.92 Å². The van der Waals surface area contributed by atoms with Gasteiger partial charge in [0.15, 0.2) is 0 Å². The molecule has 1 unspecified atom stereocenters. The molecule has 1 aromatic rings. The molecule has 7 heteroatoms. The van der Waals surface area contributed by atoms with Gasteiger partial charge in [-0.3, -0.25) is 14.9 Å². The molecular weight excluding hydrogens is 315 g/mol. The molecule has 2 rings (SSSR count). The topological polar surface area (TPSA) is 72.2 Å². The average molecular weight is 331 g/mol. The zero-order valence-corrected chi connectivity index (χ0v) is 13.1. The molecule has 1 aliphatic carbocycles. The van der Waals surface area contributed by atoms with Crippen LogP contribution in [0.4, 0.5) is 5.69 Å². The van der Waals surface area contributed by atoms with E-state index in [4.69, 9.17) is 23.2 Å². The highest BCUT2D eigenvalue weighted by Gasteiger charge is 2.25.